The minimum atomic E-state index is -0.401. The van der Waals surface area contributed by atoms with Gasteiger partial charge in [0, 0.05) is 17.5 Å². The second-order valence-electron chi connectivity index (χ2n) is 8.42. The van der Waals surface area contributed by atoms with Crippen LogP contribution in [0.3, 0.4) is 0 Å². The molecule has 4 rings (SSSR count). The van der Waals surface area contributed by atoms with Crippen LogP contribution in [-0.2, 0) is 9.59 Å². The van der Waals surface area contributed by atoms with Gasteiger partial charge >= 0.3 is 0 Å². The van der Waals surface area contributed by atoms with Gasteiger partial charge in [0.05, 0.1) is 11.9 Å². The normalized spacial score (nSPS) is 12.6. The SMILES string of the molecule is CC(C)CNC(=O)COc1ccc(/C=N/NC(=O)CN2C(=O)c3cccc4cccc2c34)cc1. The molecule has 0 fully saturated rings. The van der Waals surface area contributed by atoms with E-state index in [1.165, 1.54) is 11.1 Å². The van der Waals surface area contributed by atoms with Crippen molar-refractivity contribution in [2.75, 3.05) is 24.6 Å². The number of nitrogens with one attached hydrogen (secondary N) is 2. The van der Waals surface area contributed by atoms with Crippen molar-refractivity contribution in [1.29, 1.82) is 0 Å². The predicted octanol–water partition coefficient (Wildman–Crippen LogP) is 3.10. The first-order valence-corrected chi connectivity index (χ1v) is 11.1. The lowest BCUT2D eigenvalue weighted by molar-refractivity contribution is -0.123. The van der Waals surface area contributed by atoms with E-state index in [4.69, 9.17) is 4.74 Å². The Morgan fingerprint density at radius 1 is 1.03 bits per heavy atom. The summed E-state index contributed by atoms with van der Waals surface area (Å²) in [7, 11) is 0. The van der Waals surface area contributed by atoms with Gasteiger partial charge in [-0.25, -0.2) is 5.43 Å². The molecule has 0 saturated heterocycles. The first-order valence-electron chi connectivity index (χ1n) is 11.1. The summed E-state index contributed by atoms with van der Waals surface area (Å²) in [6.07, 6.45) is 1.50. The summed E-state index contributed by atoms with van der Waals surface area (Å²) >= 11 is 0. The minimum absolute atomic E-state index is 0.0526. The molecule has 2 N–H and O–H groups in total. The largest absolute Gasteiger partial charge is 0.484 e. The van der Waals surface area contributed by atoms with Crippen LogP contribution in [0.15, 0.2) is 65.8 Å². The maximum absolute atomic E-state index is 12.8. The van der Waals surface area contributed by atoms with Crippen molar-refractivity contribution in [3.8, 4) is 5.75 Å². The Labute approximate surface area is 197 Å². The van der Waals surface area contributed by atoms with E-state index in [1.54, 1.807) is 30.3 Å². The van der Waals surface area contributed by atoms with Crippen LogP contribution in [0.25, 0.3) is 10.8 Å². The quantitative estimate of drug-likeness (QED) is 0.380. The molecule has 8 heteroatoms. The van der Waals surface area contributed by atoms with Crippen LogP contribution in [0.1, 0.15) is 29.8 Å². The molecular weight excluding hydrogens is 432 g/mol. The molecule has 0 spiro atoms. The molecule has 0 aromatic heterocycles. The van der Waals surface area contributed by atoms with Gasteiger partial charge in [-0.3, -0.25) is 19.3 Å². The van der Waals surface area contributed by atoms with E-state index in [-0.39, 0.29) is 25.0 Å². The molecule has 0 unspecified atom stereocenters. The molecule has 3 amide bonds. The van der Waals surface area contributed by atoms with Gasteiger partial charge in [-0.15, -0.1) is 0 Å². The average Bonchev–Trinajstić information content (AvgIpc) is 3.10. The summed E-state index contributed by atoms with van der Waals surface area (Å²) in [6.45, 7) is 4.47. The van der Waals surface area contributed by atoms with Crippen LogP contribution in [0.5, 0.6) is 5.75 Å². The number of ether oxygens (including phenoxy) is 1. The van der Waals surface area contributed by atoms with E-state index in [1.807, 2.05) is 44.2 Å². The lowest BCUT2D eigenvalue weighted by Gasteiger charge is -2.16. The fourth-order valence-corrected chi connectivity index (χ4v) is 3.66. The third kappa shape index (κ3) is 5.23. The Morgan fingerprint density at radius 2 is 1.76 bits per heavy atom. The van der Waals surface area contributed by atoms with Gasteiger partial charge < -0.3 is 10.1 Å². The van der Waals surface area contributed by atoms with E-state index in [0.29, 0.717) is 23.8 Å². The molecule has 0 atom stereocenters. The molecule has 0 bridgehead atoms. The second kappa shape index (κ2) is 10.2. The maximum Gasteiger partial charge on any atom is 0.260 e. The number of anilines is 1. The van der Waals surface area contributed by atoms with E-state index in [0.717, 1.165) is 22.0 Å². The van der Waals surface area contributed by atoms with E-state index >= 15 is 0 Å². The summed E-state index contributed by atoms with van der Waals surface area (Å²) in [5.41, 5.74) is 4.54. The minimum Gasteiger partial charge on any atom is -0.484 e. The van der Waals surface area contributed by atoms with E-state index < -0.39 is 5.91 Å². The van der Waals surface area contributed by atoms with Crippen LogP contribution in [0.4, 0.5) is 5.69 Å². The van der Waals surface area contributed by atoms with Gasteiger partial charge in [-0.2, -0.15) is 5.10 Å². The van der Waals surface area contributed by atoms with Crippen LogP contribution in [0, 0.1) is 5.92 Å². The second-order valence-corrected chi connectivity index (χ2v) is 8.42. The number of rotatable bonds is 9. The van der Waals surface area contributed by atoms with Gasteiger partial charge in [0.15, 0.2) is 6.61 Å². The topological polar surface area (TPSA) is 100 Å². The lowest BCUT2D eigenvalue weighted by Crippen LogP contribution is -2.37. The molecule has 1 aliphatic heterocycles. The predicted molar refractivity (Wildman–Crippen MR) is 131 cm³/mol. The van der Waals surface area contributed by atoms with Crippen molar-refractivity contribution >= 4 is 40.4 Å². The van der Waals surface area contributed by atoms with Crippen molar-refractivity contribution in [3.63, 3.8) is 0 Å². The first-order chi connectivity index (χ1) is 16.4. The van der Waals surface area contributed by atoms with E-state index in [9.17, 15) is 14.4 Å². The zero-order chi connectivity index (χ0) is 24.1. The third-order valence-corrected chi connectivity index (χ3v) is 5.31. The van der Waals surface area contributed by atoms with Gasteiger partial charge in [0.2, 0.25) is 0 Å². The van der Waals surface area contributed by atoms with Crippen molar-refractivity contribution in [2.24, 2.45) is 11.0 Å². The zero-order valence-corrected chi connectivity index (χ0v) is 19.1. The van der Waals surface area contributed by atoms with Crippen molar-refractivity contribution in [2.45, 2.75) is 13.8 Å². The highest BCUT2D eigenvalue weighted by Crippen LogP contribution is 2.36. The molecule has 34 heavy (non-hydrogen) atoms. The number of hydrogen-bond acceptors (Lipinski definition) is 5. The maximum atomic E-state index is 12.8. The molecule has 0 radical (unpaired) electrons. The summed E-state index contributed by atoms with van der Waals surface area (Å²) in [5.74, 6) is 0.172. The molecule has 3 aromatic carbocycles. The van der Waals surface area contributed by atoms with E-state index in [2.05, 4.69) is 15.8 Å². The standard InChI is InChI=1S/C26H26N4O4/c1-17(2)13-27-24(32)16-34-20-11-9-18(10-12-20)14-28-29-23(31)15-30-22-8-4-6-19-5-3-7-21(25(19)22)26(30)33/h3-12,14,17H,13,15-16H2,1-2H3,(H,27,32)(H,29,31)/b28-14+. The molecule has 1 aliphatic rings. The smallest absolute Gasteiger partial charge is 0.260 e. The average molecular weight is 459 g/mol. The highest BCUT2D eigenvalue weighted by molar-refractivity contribution is 6.26. The van der Waals surface area contributed by atoms with Gasteiger partial charge in [-0.1, -0.05) is 38.1 Å². The van der Waals surface area contributed by atoms with Crippen LogP contribution in [-0.4, -0.2) is 43.6 Å². The number of carbonyl (C=O) groups is 3. The molecular formula is C26H26N4O4. The fraction of sp³-hybridized carbons (Fsp3) is 0.231. The van der Waals surface area contributed by atoms with Crippen molar-refractivity contribution in [1.82, 2.24) is 10.7 Å². The zero-order valence-electron chi connectivity index (χ0n) is 19.1. The summed E-state index contributed by atoms with van der Waals surface area (Å²) in [4.78, 5) is 38.4. The number of carbonyl (C=O) groups excluding carboxylic acids is 3. The van der Waals surface area contributed by atoms with Crippen LogP contribution in [0.2, 0.25) is 0 Å². The molecule has 1 heterocycles. The summed E-state index contributed by atoms with van der Waals surface area (Å²) in [6, 6.07) is 18.2. The first kappa shape index (κ1) is 23.0. The summed E-state index contributed by atoms with van der Waals surface area (Å²) in [5, 5.41) is 8.61. The number of hydrogen-bond donors (Lipinski definition) is 2. The number of amides is 3. The number of hydrazone groups is 1. The highest BCUT2D eigenvalue weighted by atomic mass is 16.5. The van der Waals surface area contributed by atoms with Gasteiger partial charge in [0.25, 0.3) is 17.7 Å². The number of benzene rings is 3. The van der Waals surface area contributed by atoms with Crippen molar-refractivity contribution in [3.05, 3.63) is 71.8 Å². The molecule has 0 aliphatic carbocycles. The van der Waals surface area contributed by atoms with Crippen molar-refractivity contribution < 1.29 is 19.1 Å². The molecule has 8 nitrogen and oxygen atoms in total. The van der Waals surface area contributed by atoms with Gasteiger partial charge in [0.1, 0.15) is 12.3 Å². The molecule has 3 aromatic rings. The Kier molecular flexibility index (Phi) is 6.87. The highest BCUT2D eigenvalue weighted by Gasteiger charge is 2.30. The summed E-state index contributed by atoms with van der Waals surface area (Å²) < 4.78 is 5.47. The Bertz CT molecular complexity index is 1250. The Hall–Kier alpha value is -4.20. The Balaban J connectivity index is 1.28. The fourth-order valence-electron chi connectivity index (χ4n) is 3.66. The monoisotopic (exact) mass is 458 g/mol. The molecule has 0 saturated carbocycles. The Morgan fingerprint density at radius 3 is 2.50 bits per heavy atom. The third-order valence-electron chi connectivity index (χ3n) is 5.31. The lowest BCUT2D eigenvalue weighted by atomic mass is 10.1. The van der Waals surface area contributed by atoms with Gasteiger partial charge in [-0.05, 0) is 53.3 Å². The van der Waals surface area contributed by atoms with Crippen LogP contribution < -0.4 is 20.4 Å². The molecule has 174 valence electrons. The number of nitrogens with zero attached hydrogens (tertiary/aromatic N) is 2. The van der Waals surface area contributed by atoms with Crippen LogP contribution >= 0.6 is 0 Å².